The predicted octanol–water partition coefficient (Wildman–Crippen LogP) is 2.76. The van der Waals surface area contributed by atoms with Crippen molar-refractivity contribution >= 4 is 29.4 Å². The number of aromatic nitrogens is 4. The molecule has 0 unspecified atom stereocenters. The smallest absolute Gasteiger partial charge is 0.232 e. The van der Waals surface area contributed by atoms with Gasteiger partial charge in [-0.3, -0.25) is 0 Å². The Morgan fingerprint density at radius 3 is 2.00 bits per heavy atom. The molecule has 8 heteroatoms. The van der Waals surface area contributed by atoms with Crippen molar-refractivity contribution in [3.05, 3.63) is 29.0 Å². The molecule has 7 nitrogen and oxygen atoms in total. The highest BCUT2D eigenvalue weighted by atomic mass is 35.5. The molecule has 0 atom stereocenters. The first-order valence-corrected chi connectivity index (χ1v) is 9.64. The van der Waals surface area contributed by atoms with E-state index in [0.717, 1.165) is 43.6 Å². The lowest BCUT2D eigenvalue weighted by Gasteiger charge is -2.23. The summed E-state index contributed by atoms with van der Waals surface area (Å²) in [6.45, 7) is 4.76. The molecule has 0 aromatic carbocycles. The normalized spacial score (nSPS) is 17.2. The minimum atomic E-state index is 0.504. The quantitative estimate of drug-likeness (QED) is 0.747. The largest absolute Gasteiger partial charge is 0.341 e. The summed E-state index contributed by atoms with van der Waals surface area (Å²) < 4.78 is 0. The Kier molecular flexibility index (Phi) is 5.06. The van der Waals surface area contributed by atoms with Gasteiger partial charge in [-0.25, -0.2) is 4.98 Å². The lowest BCUT2D eigenvalue weighted by atomic mass is 10.3. The summed E-state index contributed by atoms with van der Waals surface area (Å²) in [5.41, 5.74) is 1.07. The number of nitrogens with zero attached hydrogens (tertiary/aromatic N) is 7. The van der Waals surface area contributed by atoms with Crippen LogP contribution in [0, 0.1) is 0 Å². The summed E-state index contributed by atoms with van der Waals surface area (Å²) in [7, 11) is 2.01. The van der Waals surface area contributed by atoms with Crippen LogP contribution in [0.2, 0.25) is 5.15 Å². The van der Waals surface area contributed by atoms with Gasteiger partial charge in [0.1, 0.15) is 5.15 Å². The van der Waals surface area contributed by atoms with E-state index in [1.165, 1.54) is 25.7 Å². The van der Waals surface area contributed by atoms with Gasteiger partial charge in [-0.15, -0.1) is 0 Å². The second-order valence-electron chi connectivity index (χ2n) is 6.97. The van der Waals surface area contributed by atoms with Gasteiger partial charge in [-0.1, -0.05) is 17.7 Å². The molecule has 4 rings (SSSR count). The Balaban J connectivity index is 1.61. The first-order valence-electron chi connectivity index (χ1n) is 9.26. The van der Waals surface area contributed by atoms with Crippen LogP contribution in [0.3, 0.4) is 0 Å². The highest BCUT2D eigenvalue weighted by Gasteiger charge is 2.22. The minimum absolute atomic E-state index is 0.504. The van der Waals surface area contributed by atoms with Crippen molar-refractivity contribution in [3.63, 3.8) is 0 Å². The zero-order valence-corrected chi connectivity index (χ0v) is 15.9. The van der Waals surface area contributed by atoms with Gasteiger partial charge >= 0.3 is 0 Å². The molecular weight excluding hydrogens is 350 g/mol. The molecular formula is C18H24ClN7. The first-order chi connectivity index (χ1) is 12.7. The molecule has 0 spiro atoms. The van der Waals surface area contributed by atoms with E-state index in [4.69, 9.17) is 26.6 Å². The van der Waals surface area contributed by atoms with Crippen molar-refractivity contribution in [2.45, 2.75) is 32.2 Å². The molecule has 2 aromatic heterocycles. The van der Waals surface area contributed by atoms with Crippen LogP contribution in [-0.2, 0) is 6.54 Å². The van der Waals surface area contributed by atoms with E-state index < -0.39 is 0 Å². The van der Waals surface area contributed by atoms with Crippen LogP contribution in [0.25, 0.3) is 0 Å². The Labute approximate surface area is 159 Å². The van der Waals surface area contributed by atoms with Gasteiger partial charge in [0.15, 0.2) is 0 Å². The maximum atomic E-state index is 5.88. The fraction of sp³-hybridized carbons (Fsp3) is 0.556. The Morgan fingerprint density at radius 1 is 0.923 bits per heavy atom. The third-order valence-electron chi connectivity index (χ3n) is 4.93. The van der Waals surface area contributed by atoms with Gasteiger partial charge in [-0.2, -0.15) is 15.0 Å². The van der Waals surface area contributed by atoms with E-state index in [9.17, 15) is 0 Å². The standard InChI is InChI=1S/C18H24ClN7/c1-24(13-14-6-7-15(19)20-12-14)16-21-17(25-8-2-3-9-25)23-18(22-16)26-10-4-5-11-26/h6-7,12H,2-5,8-11,13H2,1H3. The number of pyridine rings is 1. The van der Waals surface area contributed by atoms with E-state index in [1.807, 2.05) is 24.1 Å². The Bertz CT molecular complexity index is 705. The fourth-order valence-corrected chi connectivity index (χ4v) is 3.59. The zero-order chi connectivity index (χ0) is 17.9. The minimum Gasteiger partial charge on any atom is -0.341 e. The van der Waals surface area contributed by atoms with E-state index in [0.29, 0.717) is 17.6 Å². The monoisotopic (exact) mass is 373 g/mol. The zero-order valence-electron chi connectivity index (χ0n) is 15.1. The van der Waals surface area contributed by atoms with Crippen molar-refractivity contribution in [1.82, 2.24) is 19.9 Å². The maximum absolute atomic E-state index is 5.88. The van der Waals surface area contributed by atoms with Crippen molar-refractivity contribution in [2.24, 2.45) is 0 Å². The first kappa shape index (κ1) is 17.3. The molecule has 0 N–H and O–H groups in total. The second-order valence-corrected chi connectivity index (χ2v) is 7.36. The third-order valence-corrected chi connectivity index (χ3v) is 5.15. The molecule has 138 valence electrons. The Morgan fingerprint density at radius 2 is 1.50 bits per heavy atom. The van der Waals surface area contributed by atoms with E-state index >= 15 is 0 Å². The van der Waals surface area contributed by atoms with Crippen LogP contribution >= 0.6 is 11.6 Å². The molecule has 0 radical (unpaired) electrons. The molecule has 0 aliphatic carbocycles. The molecule has 4 heterocycles. The topological polar surface area (TPSA) is 61.3 Å². The van der Waals surface area contributed by atoms with Crippen LogP contribution < -0.4 is 14.7 Å². The maximum Gasteiger partial charge on any atom is 0.232 e. The fourth-order valence-electron chi connectivity index (χ4n) is 3.48. The van der Waals surface area contributed by atoms with Gasteiger partial charge in [0.05, 0.1) is 0 Å². The summed E-state index contributed by atoms with van der Waals surface area (Å²) in [4.78, 5) is 25.0. The van der Waals surface area contributed by atoms with Crippen LogP contribution in [0.4, 0.5) is 17.8 Å². The lowest BCUT2D eigenvalue weighted by molar-refractivity contribution is 0.799. The summed E-state index contributed by atoms with van der Waals surface area (Å²) in [5, 5.41) is 0.504. The van der Waals surface area contributed by atoms with Gasteiger partial charge in [0.2, 0.25) is 17.8 Å². The lowest BCUT2D eigenvalue weighted by Crippen LogP contribution is -2.28. The summed E-state index contributed by atoms with van der Waals surface area (Å²) >= 11 is 5.88. The van der Waals surface area contributed by atoms with Gasteiger partial charge in [-0.05, 0) is 37.3 Å². The molecule has 0 amide bonds. The SMILES string of the molecule is CN(Cc1ccc(Cl)nc1)c1nc(N2CCCC2)nc(N2CCCC2)n1. The number of hydrogen-bond donors (Lipinski definition) is 0. The molecule has 0 saturated carbocycles. The molecule has 2 aromatic rings. The number of hydrogen-bond acceptors (Lipinski definition) is 7. The van der Waals surface area contributed by atoms with Crippen molar-refractivity contribution < 1.29 is 0 Å². The van der Waals surface area contributed by atoms with Gasteiger partial charge < -0.3 is 14.7 Å². The summed E-state index contributed by atoms with van der Waals surface area (Å²) in [6, 6.07) is 3.79. The summed E-state index contributed by atoms with van der Waals surface area (Å²) in [6.07, 6.45) is 6.60. The third kappa shape index (κ3) is 3.82. The van der Waals surface area contributed by atoms with Gasteiger partial charge in [0, 0.05) is 46.0 Å². The van der Waals surface area contributed by atoms with Crippen LogP contribution in [0.15, 0.2) is 18.3 Å². The van der Waals surface area contributed by atoms with E-state index in [2.05, 4.69) is 14.8 Å². The molecule has 26 heavy (non-hydrogen) atoms. The Hall–Kier alpha value is -2.15. The molecule has 2 aliphatic rings. The van der Waals surface area contributed by atoms with Crippen molar-refractivity contribution in [1.29, 1.82) is 0 Å². The highest BCUT2D eigenvalue weighted by Crippen LogP contribution is 2.24. The second kappa shape index (κ2) is 7.61. The van der Waals surface area contributed by atoms with E-state index in [1.54, 1.807) is 6.20 Å². The predicted molar refractivity (Wildman–Crippen MR) is 104 cm³/mol. The average molecular weight is 374 g/mol. The molecule has 2 aliphatic heterocycles. The average Bonchev–Trinajstić information content (AvgIpc) is 3.37. The number of halogens is 1. The van der Waals surface area contributed by atoms with Crippen LogP contribution in [0.1, 0.15) is 31.2 Å². The van der Waals surface area contributed by atoms with Gasteiger partial charge in [0.25, 0.3) is 0 Å². The number of rotatable bonds is 5. The van der Waals surface area contributed by atoms with E-state index in [-0.39, 0.29) is 0 Å². The highest BCUT2D eigenvalue weighted by molar-refractivity contribution is 6.29. The molecule has 2 saturated heterocycles. The molecule has 0 bridgehead atoms. The van der Waals surface area contributed by atoms with Crippen molar-refractivity contribution in [3.8, 4) is 0 Å². The van der Waals surface area contributed by atoms with Crippen molar-refractivity contribution in [2.75, 3.05) is 47.9 Å². The number of anilines is 3. The van der Waals surface area contributed by atoms with Crippen LogP contribution in [-0.4, -0.2) is 53.2 Å². The molecule has 2 fully saturated rings. The summed E-state index contributed by atoms with van der Waals surface area (Å²) in [5.74, 6) is 2.31. The van der Waals surface area contributed by atoms with Crippen LogP contribution in [0.5, 0.6) is 0 Å².